The van der Waals surface area contributed by atoms with Crippen LogP contribution in [0.3, 0.4) is 0 Å². The molecule has 4 aromatic heterocycles. The molecule has 0 saturated carbocycles. The van der Waals surface area contributed by atoms with Gasteiger partial charge in [-0.15, -0.1) is 0 Å². The fraction of sp³-hybridized carbons (Fsp3) is 0.160. The van der Waals surface area contributed by atoms with Crippen LogP contribution in [-0.2, 0) is 0 Å². The quantitative estimate of drug-likeness (QED) is 0.400. The van der Waals surface area contributed by atoms with Gasteiger partial charge in [0.1, 0.15) is 17.0 Å². The van der Waals surface area contributed by atoms with Crippen molar-refractivity contribution < 1.29 is 8.94 Å². The van der Waals surface area contributed by atoms with Gasteiger partial charge in [0.25, 0.3) is 0 Å². The zero-order valence-corrected chi connectivity index (χ0v) is 18.7. The van der Waals surface area contributed by atoms with Gasteiger partial charge in [-0.3, -0.25) is 24.3 Å². The average molecular weight is 455 g/mol. The topological polar surface area (TPSA) is 127 Å². The summed E-state index contributed by atoms with van der Waals surface area (Å²) in [5.74, 6) is 0.0463. The maximum atomic E-state index is 13.3. The van der Waals surface area contributed by atoms with E-state index in [0.29, 0.717) is 33.7 Å². The fourth-order valence-electron chi connectivity index (χ4n) is 4.01. The van der Waals surface area contributed by atoms with Crippen molar-refractivity contribution in [2.75, 3.05) is 5.32 Å². The number of aromatic nitrogens is 4. The van der Waals surface area contributed by atoms with E-state index in [0.717, 1.165) is 16.7 Å². The largest absolute Gasteiger partial charge is 0.455 e. The molecule has 9 heteroatoms. The predicted octanol–water partition coefficient (Wildman–Crippen LogP) is 4.38. The Labute approximate surface area is 193 Å². The van der Waals surface area contributed by atoms with Gasteiger partial charge >= 0.3 is 5.76 Å². The summed E-state index contributed by atoms with van der Waals surface area (Å²) >= 11 is 0. The Bertz CT molecular complexity index is 1620. The lowest BCUT2D eigenvalue weighted by Crippen LogP contribution is -2.13. The molecule has 0 aliphatic rings. The first-order chi connectivity index (χ1) is 16.4. The molecular weight excluding hydrogens is 434 g/mol. The van der Waals surface area contributed by atoms with E-state index < -0.39 is 5.76 Å². The maximum Gasteiger partial charge on any atom is 0.439 e. The highest BCUT2D eigenvalue weighted by atomic mass is 16.5. The molecule has 0 unspecified atom stereocenters. The van der Waals surface area contributed by atoms with E-state index in [-0.39, 0.29) is 17.3 Å². The second-order valence-corrected chi connectivity index (χ2v) is 8.07. The van der Waals surface area contributed by atoms with Gasteiger partial charge in [-0.25, -0.2) is 4.79 Å². The average Bonchev–Trinajstić information content (AvgIpc) is 3.28. The zero-order valence-electron chi connectivity index (χ0n) is 18.7. The third-order valence-electron chi connectivity index (χ3n) is 5.63. The smallest absolute Gasteiger partial charge is 0.439 e. The van der Waals surface area contributed by atoms with Crippen LogP contribution >= 0.6 is 0 Å². The van der Waals surface area contributed by atoms with Gasteiger partial charge in [-0.2, -0.15) is 0 Å². The van der Waals surface area contributed by atoms with Gasteiger partial charge in [0, 0.05) is 35.3 Å². The van der Waals surface area contributed by atoms with Crippen LogP contribution < -0.4 is 16.5 Å². The van der Waals surface area contributed by atoms with Crippen LogP contribution in [-0.4, -0.2) is 20.1 Å². The van der Waals surface area contributed by atoms with E-state index in [1.807, 2.05) is 38.1 Å². The number of benzene rings is 1. The van der Waals surface area contributed by atoms with Crippen molar-refractivity contribution in [1.29, 1.82) is 0 Å². The summed E-state index contributed by atoms with van der Waals surface area (Å²) in [5.41, 5.74) is 4.49. The Morgan fingerprint density at radius 2 is 1.91 bits per heavy atom. The predicted molar refractivity (Wildman–Crippen MR) is 128 cm³/mol. The standard InChI is InChI=1S/C25H21N5O4/c1-13-10-17(15(3)28-19-7-5-9-27-20(19)24-29-25(32)34-30-24)23-18(11-13)21(31)14(2)22(33-23)16-6-4-8-26-12-16/h4-12,15,28H,1-3H3,(H,29,30,32)/t15-/m1/s1. The molecule has 0 radical (unpaired) electrons. The molecule has 2 N–H and O–H groups in total. The van der Waals surface area contributed by atoms with Crippen molar-refractivity contribution >= 4 is 16.7 Å². The van der Waals surface area contributed by atoms with Gasteiger partial charge in [-0.05, 0) is 56.7 Å². The molecule has 0 aliphatic heterocycles. The van der Waals surface area contributed by atoms with Gasteiger partial charge in [0.15, 0.2) is 5.43 Å². The summed E-state index contributed by atoms with van der Waals surface area (Å²) in [7, 11) is 0. The summed E-state index contributed by atoms with van der Waals surface area (Å²) < 4.78 is 11.0. The zero-order chi connectivity index (χ0) is 23.8. The molecule has 0 spiro atoms. The number of aromatic amines is 1. The van der Waals surface area contributed by atoms with E-state index in [4.69, 9.17) is 4.42 Å². The molecule has 0 amide bonds. The summed E-state index contributed by atoms with van der Waals surface area (Å²) in [6.45, 7) is 5.66. The van der Waals surface area contributed by atoms with Crippen LogP contribution in [0.4, 0.5) is 5.69 Å². The maximum absolute atomic E-state index is 13.3. The Hall–Kier alpha value is -4.53. The molecule has 1 aromatic carbocycles. The van der Waals surface area contributed by atoms with E-state index in [2.05, 4.69) is 29.9 Å². The Kier molecular flexibility index (Phi) is 5.29. The summed E-state index contributed by atoms with van der Waals surface area (Å²) in [6, 6.07) is 10.8. The van der Waals surface area contributed by atoms with E-state index in [9.17, 15) is 9.59 Å². The molecule has 0 bridgehead atoms. The lowest BCUT2D eigenvalue weighted by molar-refractivity contribution is 0.388. The van der Waals surface area contributed by atoms with Crippen LogP contribution in [0.2, 0.25) is 0 Å². The Morgan fingerprint density at radius 3 is 2.65 bits per heavy atom. The second kappa shape index (κ2) is 8.43. The van der Waals surface area contributed by atoms with Gasteiger partial charge in [-0.1, -0.05) is 11.2 Å². The number of fused-ring (bicyclic) bond motifs is 1. The van der Waals surface area contributed by atoms with Crippen LogP contribution in [0.1, 0.15) is 29.7 Å². The van der Waals surface area contributed by atoms with Crippen LogP contribution in [0.15, 0.2) is 73.5 Å². The van der Waals surface area contributed by atoms with Gasteiger partial charge in [0.05, 0.1) is 17.1 Å². The third kappa shape index (κ3) is 3.77. The summed E-state index contributed by atoms with van der Waals surface area (Å²) in [6.07, 6.45) is 4.95. The van der Waals surface area contributed by atoms with Gasteiger partial charge in [0.2, 0.25) is 5.82 Å². The van der Waals surface area contributed by atoms with Crippen molar-refractivity contribution in [2.24, 2.45) is 0 Å². The van der Waals surface area contributed by atoms with Crippen molar-refractivity contribution in [3.05, 3.63) is 92.5 Å². The van der Waals surface area contributed by atoms with Crippen molar-refractivity contribution in [3.8, 4) is 22.8 Å². The third-order valence-corrected chi connectivity index (χ3v) is 5.63. The van der Waals surface area contributed by atoms with Crippen LogP contribution in [0, 0.1) is 13.8 Å². The number of anilines is 1. The molecule has 0 saturated heterocycles. The minimum Gasteiger partial charge on any atom is -0.455 e. The lowest BCUT2D eigenvalue weighted by Gasteiger charge is -2.19. The number of H-pyrrole nitrogens is 1. The minimum atomic E-state index is -0.663. The molecule has 0 fully saturated rings. The van der Waals surface area contributed by atoms with Crippen molar-refractivity contribution in [1.82, 2.24) is 20.1 Å². The molecule has 5 rings (SSSR count). The van der Waals surface area contributed by atoms with E-state index in [1.54, 1.807) is 37.6 Å². The highest BCUT2D eigenvalue weighted by molar-refractivity contribution is 5.84. The first-order valence-electron chi connectivity index (χ1n) is 10.7. The van der Waals surface area contributed by atoms with E-state index >= 15 is 0 Å². The summed E-state index contributed by atoms with van der Waals surface area (Å²) in [4.78, 5) is 35.7. The number of nitrogens with one attached hydrogen (secondary N) is 2. The molecule has 4 heterocycles. The lowest BCUT2D eigenvalue weighted by atomic mass is 9.99. The number of nitrogens with zero attached hydrogens (tertiary/aromatic N) is 3. The van der Waals surface area contributed by atoms with Crippen LogP contribution in [0.25, 0.3) is 33.8 Å². The van der Waals surface area contributed by atoms with Crippen molar-refractivity contribution in [3.63, 3.8) is 0 Å². The summed E-state index contributed by atoms with van der Waals surface area (Å²) in [5, 5.41) is 7.67. The number of pyridine rings is 2. The normalized spacial score (nSPS) is 12.1. The molecule has 34 heavy (non-hydrogen) atoms. The number of rotatable bonds is 5. The first kappa shape index (κ1) is 21.3. The number of hydrogen-bond acceptors (Lipinski definition) is 8. The minimum absolute atomic E-state index is 0.0838. The molecule has 1 atom stereocenters. The second-order valence-electron chi connectivity index (χ2n) is 8.07. The first-order valence-corrected chi connectivity index (χ1v) is 10.7. The fourth-order valence-corrected chi connectivity index (χ4v) is 4.01. The molecule has 0 aliphatic carbocycles. The molecule has 9 nitrogen and oxygen atoms in total. The van der Waals surface area contributed by atoms with E-state index in [1.165, 1.54) is 0 Å². The SMILES string of the molecule is Cc1cc([C@@H](C)Nc2cccnc2-c2noc(=O)[nH]2)c2oc(-c3cccnc3)c(C)c(=O)c2c1. The monoisotopic (exact) mass is 455 g/mol. The van der Waals surface area contributed by atoms with Crippen molar-refractivity contribution in [2.45, 2.75) is 26.8 Å². The highest BCUT2D eigenvalue weighted by Crippen LogP contribution is 2.33. The molecular formula is C25H21N5O4. The van der Waals surface area contributed by atoms with Crippen LogP contribution in [0.5, 0.6) is 0 Å². The number of aryl methyl sites for hydroxylation is 1. The Morgan fingerprint density at radius 1 is 1.09 bits per heavy atom. The molecule has 5 aromatic rings. The highest BCUT2D eigenvalue weighted by Gasteiger charge is 2.20. The van der Waals surface area contributed by atoms with Gasteiger partial charge < -0.3 is 9.73 Å². The molecule has 170 valence electrons. The number of hydrogen-bond donors (Lipinski definition) is 2. The Balaban J connectivity index is 1.64.